The van der Waals surface area contributed by atoms with Crippen LogP contribution in [0.25, 0.3) is 0 Å². The molecule has 0 aliphatic rings. The Bertz CT molecular complexity index is 355. The summed E-state index contributed by atoms with van der Waals surface area (Å²) >= 11 is 3.48. The summed E-state index contributed by atoms with van der Waals surface area (Å²) in [4.78, 5) is 11.5. The highest BCUT2D eigenvalue weighted by Crippen LogP contribution is 2.22. The van der Waals surface area contributed by atoms with Gasteiger partial charge in [-0.15, -0.1) is 0 Å². The average Bonchev–Trinajstić information content (AvgIpc) is 2.26. The molecule has 1 rings (SSSR count). The summed E-state index contributed by atoms with van der Waals surface area (Å²) in [7, 11) is 1.84. The van der Waals surface area contributed by atoms with Gasteiger partial charge in [-0.2, -0.15) is 0 Å². The van der Waals surface area contributed by atoms with Crippen LogP contribution in [0.1, 0.15) is 24.9 Å². The molecule has 1 atom stereocenters. The molecule has 0 aliphatic heterocycles. The molecular weight excluding hydrogens is 268 g/mol. The van der Waals surface area contributed by atoms with Crippen molar-refractivity contribution < 1.29 is 4.79 Å². The van der Waals surface area contributed by atoms with Crippen molar-refractivity contribution in [1.29, 1.82) is 0 Å². The van der Waals surface area contributed by atoms with Crippen molar-refractivity contribution in [2.75, 3.05) is 13.6 Å². The molecule has 0 radical (unpaired) electrons. The predicted octanol–water partition coefficient (Wildman–Crippen LogP) is 2.24. The van der Waals surface area contributed by atoms with Crippen LogP contribution in [0.5, 0.6) is 0 Å². The highest BCUT2D eigenvalue weighted by Gasteiger charge is 2.11. The molecule has 0 saturated carbocycles. The Morgan fingerprint density at radius 3 is 2.75 bits per heavy atom. The van der Waals surface area contributed by atoms with Gasteiger partial charge in [0.05, 0.1) is 6.04 Å². The molecule has 0 heterocycles. The second kappa shape index (κ2) is 6.66. The van der Waals surface area contributed by atoms with Crippen LogP contribution in [0.2, 0.25) is 0 Å². The van der Waals surface area contributed by atoms with E-state index >= 15 is 0 Å². The Morgan fingerprint density at radius 1 is 1.44 bits per heavy atom. The summed E-state index contributed by atoms with van der Waals surface area (Å²) in [5, 5.41) is 5.92. The highest BCUT2D eigenvalue weighted by atomic mass is 79.9. The zero-order valence-electron chi connectivity index (χ0n) is 9.59. The lowest BCUT2D eigenvalue weighted by molar-refractivity contribution is -0.121. The van der Waals surface area contributed by atoms with Crippen molar-refractivity contribution in [2.24, 2.45) is 0 Å². The fourth-order valence-corrected chi connectivity index (χ4v) is 2.08. The van der Waals surface area contributed by atoms with Crippen LogP contribution < -0.4 is 10.6 Å². The zero-order chi connectivity index (χ0) is 12.0. The third-order valence-corrected chi connectivity index (χ3v) is 3.07. The molecular formula is C12H17BrN2O. The molecule has 1 amide bonds. The van der Waals surface area contributed by atoms with Crippen molar-refractivity contribution in [1.82, 2.24) is 10.6 Å². The minimum absolute atomic E-state index is 0.0277. The second-order valence-corrected chi connectivity index (χ2v) is 4.52. The summed E-state index contributed by atoms with van der Waals surface area (Å²) in [6.07, 6.45) is 0.505. The molecule has 0 aromatic heterocycles. The van der Waals surface area contributed by atoms with Gasteiger partial charge in [0.15, 0.2) is 0 Å². The number of nitrogens with one attached hydrogen (secondary N) is 2. The summed E-state index contributed by atoms with van der Waals surface area (Å²) < 4.78 is 1.02. The Morgan fingerprint density at radius 2 is 2.12 bits per heavy atom. The summed E-state index contributed by atoms with van der Waals surface area (Å²) in [5.41, 5.74) is 1.10. The molecule has 4 heteroatoms. The van der Waals surface area contributed by atoms with E-state index < -0.39 is 0 Å². The van der Waals surface area contributed by atoms with E-state index in [1.807, 2.05) is 38.2 Å². The van der Waals surface area contributed by atoms with Crippen molar-refractivity contribution in [2.45, 2.75) is 19.4 Å². The normalized spacial score (nSPS) is 12.2. The molecule has 0 saturated heterocycles. The van der Waals surface area contributed by atoms with Crippen LogP contribution in [-0.4, -0.2) is 19.5 Å². The van der Waals surface area contributed by atoms with Crippen LogP contribution in [0.4, 0.5) is 0 Å². The molecule has 0 spiro atoms. The number of benzene rings is 1. The van der Waals surface area contributed by atoms with Crippen LogP contribution in [0, 0.1) is 0 Å². The molecule has 0 aliphatic carbocycles. The van der Waals surface area contributed by atoms with E-state index in [4.69, 9.17) is 0 Å². The molecule has 88 valence electrons. The predicted molar refractivity (Wildman–Crippen MR) is 69.2 cm³/mol. The third-order valence-electron chi connectivity index (χ3n) is 2.35. The van der Waals surface area contributed by atoms with Crippen molar-refractivity contribution in [3.05, 3.63) is 34.3 Å². The smallest absolute Gasteiger partial charge is 0.221 e. The standard InChI is InChI=1S/C12H17BrN2O/c1-9(15-12(16)7-8-14-2)10-5-3-4-6-11(10)13/h3-6,9,14H,7-8H2,1-2H3,(H,15,16)/t9-/m1/s1. The summed E-state index contributed by atoms with van der Waals surface area (Å²) in [5.74, 6) is 0.0672. The number of carbonyl (C=O) groups is 1. The van der Waals surface area contributed by atoms with Gasteiger partial charge >= 0.3 is 0 Å². The Labute approximate surface area is 105 Å². The van der Waals surface area contributed by atoms with Crippen LogP contribution in [0.3, 0.4) is 0 Å². The zero-order valence-corrected chi connectivity index (χ0v) is 11.2. The number of carbonyl (C=O) groups excluding carboxylic acids is 1. The molecule has 1 aromatic carbocycles. The van der Waals surface area contributed by atoms with Crippen molar-refractivity contribution in [3.8, 4) is 0 Å². The van der Waals surface area contributed by atoms with Crippen LogP contribution in [-0.2, 0) is 4.79 Å². The number of halogens is 1. The first kappa shape index (κ1) is 13.2. The van der Waals surface area contributed by atoms with Gasteiger partial charge in [-0.1, -0.05) is 34.1 Å². The number of rotatable bonds is 5. The lowest BCUT2D eigenvalue weighted by Gasteiger charge is -2.15. The van der Waals surface area contributed by atoms with Crippen LogP contribution >= 0.6 is 15.9 Å². The molecule has 0 fully saturated rings. The topological polar surface area (TPSA) is 41.1 Å². The van der Waals surface area contributed by atoms with Gasteiger partial charge < -0.3 is 10.6 Å². The molecule has 3 nitrogen and oxygen atoms in total. The quantitative estimate of drug-likeness (QED) is 0.871. The summed E-state index contributed by atoms with van der Waals surface area (Å²) in [6, 6.07) is 7.94. The molecule has 0 bridgehead atoms. The molecule has 16 heavy (non-hydrogen) atoms. The lowest BCUT2D eigenvalue weighted by atomic mass is 10.1. The first-order chi connectivity index (χ1) is 7.65. The summed E-state index contributed by atoms with van der Waals surface area (Å²) in [6.45, 7) is 2.69. The minimum Gasteiger partial charge on any atom is -0.350 e. The van der Waals surface area contributed by atoms with Gasteiger partial charge in [0.2, 0.25) is 5.91 Å². The van der Waals surface area contributed by atoms with Gasteiger partial charge in [-0.25, -0.2) is 0 Å². The fraction of sp³-hybridized carbons (Fsp3) is 0.417. The van der Waals surface area contributed by atoms with Gasteiger partial charge in [0, 0.05) is 17.4 Å². The highest BCUT2D eigenvalue weighted by molar-refractivity contribution is 9.10. The maximum absolute atomic E-state index is 11.5. The first-order valence-corrected chi connectivity index (χ1v) is 6.13. The van der Waals surface area contributed by atoms with Gasteiger partial charge in [0.25, 0.3) is 0 Å². The average molecular weight is 285 g/mol. The lowest BCUT2D eigenvalue weighted by Crippen LogP contribution is -2.29. The SMILES string of the molecule is CNCCC(=O)N[C@H](C)c1ccccc1Br. The first-order valence-electron chi connectivity index (χ1n) is 5.33. The maximum Gasteiger partial charge on any atom is 0.221 e. The fourth-order valence-electron chi connectivity index (χ4n) is 1.46. The van der Waals surface area contributed by atoms with E-state index in [1.54, 1.807) is 0 Å². The van der Waals surface area contributed by atoms with Crippen molar-refractivity contribution >= 4 is 21.8 Å². The molecule has 1 aromatic rings. The number of amides is 1. The van der Waals surface area contributed by atoms with E-state index in [1.165, 1.54) is 0 Å². The largest absolute Gasteiger partial charge is 0.350 e. The van der Waals surface area contributed by atoms with E-state index in [-0.39, 0.29) is 11.9 Å². The number of hydrogen-bond acceptors (Lipinski definition) is 2. The van der Waals surface area contributed by atoms with E-state index in [0.717, 1.165) is 10.0 Å². The van der Waals surface area contributed by atoms with Crippen LogP contribution in [0.15, 0.2) is 28.7 Å². The minimum atomic E-state index is 0.0277. The van der Waals surface area contributed by atoms with Gasteiger partial charge in [-0.05, 0) is 25.6 Å². The van der Waals surface area contributed by atoms with E-state index in [9.17, 15) is 4.79 Å². The maximum atomic E-state index is 11.5. The van der Waals surface area contributed by atoms with E-state index in [0.29, 0.717) is 13.0 Å². The van der Waals surface area contributed by atoms with E-state index in [2.05, 4.69) is 26.6 Å². The van der Waals surface area contributed by atoms with Crippen molar-refractivity contribution in [3.63, 3.8) is 0 Å². The Hall–Kier alpha value is -0.870. The van der Waals surface area contributed by atoms with Gasteiger partial charge in [0.1, 0.15) is 0 Å². The third kappa shape index (κ3) is 3.94. The second-order valence-electron chi connectivity index (χ2n) is 3.66. The molecule has 2 N–H and O–H groups in total. The molecule has 0 unspecified atom stereocenters. The number of hydrogen-bond donors (Lipinski definition) is 2. The van der Waals surface area contributed by atoms with Gasteiger partial charge in [-0.3, -0.25) is 4.79 Å². The Kier molecular flexibility index (Phi) is 5.49. The monoisotopic (exact) mass is 284 g/mol. The Balaban J connectivity index is 2.55.